The van der Waals surface area contributed by atoms with Crippen molar-refractivity contribution >= 4 is 10.9 Å². The zero-order chi connectivity index (χ0) is 19.1. The third-order valence-electron chi connectivity index (χ3n) is 5.64. The van der Waals surface area contributed by atoms with Gasteiger partial charge < -0.3 is 9.47 Å². The Bertz CT molecular complexity index is 1150. The SMILES string of the molecule is N#Cc1ccc(-c2ccc3c(=O)n4c(nc3c2)CCC2(CC4)OCCO2)cc1. The highest BCUT2D eigenvalue weighted by Crippen LogP contribution is 2.32. The molecule has 0 atom stereocenters. The van der Waals surface area contributed by atoms with Crippen LogP contribution in [0.5, 0.6) is 0 Å². The van der Waals surface area contributed by atoms with Crippen LogP contribution in [0.4, 0.5) is 0 Å². The van der Waals surface area contributed by atoms with E-state index in [2.05, 4.69) is 6.07 Å². The van der Waals surface area contributed by atoms with E-state index in [1.807, 2.05) is 30.3 Å². The number of nitriles is 1. The van der Waals surface area contributed by atoms with Crippen molar-refractivity contribution in [3.63, 3.8) is 0 Å². The van der Waals surface area contributed by atoms with Crippen molar-refractivity contribution < 1.29 is 9.47 Å². The number of benzene rings is 2. The van der Waals surface area contributed by atoms with Crippen LogP contribution >= 0.6 is 0 Å². The Kier molecular flexibility index (Phi) is 4.00. The number of fused-ring (bicyclic) bond motifs is 2. The lowest BCUT2D eigenvalue weighted by Crippen LogP contribution is -2.31. The van der Waals surface area contributed by atoms with Crippen LogP contribution in [0, 0.1) is 11.3 Å². The fraction of sp³-hybridized carbons (Fsp3) is 0.318. The van der Waals surface area contributed by atoms with E-state index in [0.29, 0.717) is 55.5 Å². The van der Waals surface area contributed by atoms with Crippen LogP contribution < -0.4 is 5.56 Å². The Hall–Kier alpha value is -3.01. The molecule has 140 valence electrons. The third kappa shape index (κ3) is 2.80. The van der Waals surface area contributed by atoms with Crippen LogP contribution in [0.2, 0.25) is 0 Å². The van der Waals surface area contributed by atoms with Crippen molar-refractivity contribution in [1.82, 2.24) is 9.55 Å². The van der Waals surface area contributed by atoms with Crippen molar-refractivity contribution in [2.24, 2.45) is 0 Å². The highest BCUT2D eigenvalue weighted by molar-refractivity contribution is 5.83. The van der Waals surface area contributed by atoms with Crippen LogP contribution in [0.1, 0.15) is 24.2 Å². The van der Waals surface area contributed by atoms with Gasteiger partial charge in [-0.15, -0.1) is 0 Å². The van der Waals surface area contributed by atoms with Crippen LogP contribution in [0.25, 0.3) is 22.0 Å². The molecule has 2 aliphatic heterocycles. The summed E-state index contributed by atoms with van der Waals surface area (Å²) in [4.78, 5) is 17.9. The standard InChI is InChI=1S/C22H19N3O3/c23-14-15-1-3-16(4-2-15)17-5-6-18-19(13-17)24-20-7-8-22(27-11-12-28-22)9-10-25(20)21(18)26/h1-6,13H,7-12H2. The smallest absolute Gasteiger partial charge is 0.261 e. The van der Waals surface area contributed by atoms with Gasteiger partial charge in [-0.2, -0.15) is 5.26 Å². The molecule has 0 saturated carbocycles. The Morgan fingerprint density at radius 1 is 1.04 bits per heavy atom. The summed E-state index contributed by atoms with van der Waals surface area (Å²) in [6, 6.07) is 15.3. The van der Waals surface area contributed by atoms with Gasteiger partial charge in [0, 0.05) is 25.8 Å². The molecule has 5 rings (SSSR count). The summed E-state index contributed by atoms with van der Waals surface area (Å²) in [5, 5.41) is 9.58. The minimum Gasteiger partial charge on any atom is -0.347 e. The van der Waals surface area contributed by atoms with E-state index < -0.39 is 5.79 Å². The van der Waals surface area contributed by atoms with Crippen molar-refractivity contribution in [1.29, 1.82) is 5.26 Å². The van der Waals surface area contributed by atoms with E-state index in [0.717, 1.165) is 17.0 Å². The molecule has 0 radical (unpaired) electrons. The van der Waals surface area contributed by atoms with Gasteiger partial charge in [0.25, 0.3) is 5.56 Å². The second-order valence-electron chi connectivity index (χ2n) is 7.26. The summed E-state index contributed by atoms with van der Waals surface area (Å²) >= 11 is 0. The molecule has 3 aromatic rings. The van der Waals surface area contributed by atoms with Crippen LogP contribution in [0.3, 0.4) is 0 Å². The maximum absolute atomic E-state index is 13.1. The van der Waals surface area contributed by atoms with Crippen molar-refractivity contribution in [2.45, 2.75) is 31.6 Å². The number of ether oxygens (including phenoxy) is 2. The maximum Gasteiger partial charge on any atom is 0.261 e. The molecule has 6 heteroatoms. The highest BCUT2D eigenvalue weighted by Gasteiger charge is 2.38. The van der Waals surface area contributed by atoms with Gasteiger partial charge in [0.05, 0.1) is 35.7 Å². The van der Waals surface area contributed by atoms with Gasteiger partial charge in [0.1, 0.15) is 5.82 Å². The summed E-state index contributed by atoms with van der Waals surface area (Å²) in [6.45, 7) is 1.76. The third-order valence-corrected chi connectivity index (χ3v) is 5.64. The predicted octanol–water partition coefficient (Wildman–Crippen LogP) is 3.01. The van der Waals surface area contributed by atoms with Crippen LogP contribution in [-0.4, -0.2) is 28.6 Å². The molecule has 1 spiro atoms. The van der Waals surface area contributed by atoms with Crippen molar-refractivity contribution in [3.8, 4) is 17.2 Å². The number of nitrogens with zero attached hydrogens (tertiary/aromatic N) is 3. The molecule has 0 amide bonds. The molecule has 2 aliphatic rings. The molecule has 2 aromatic carbocycles. The van der Waals surface area contributed by atoms with Crippen molar-refractivity contribution in [2.75, 3.05) is 13.2 Å². The monoisotopic (exact) mass is 373 g/mol. The normalized spacial score (nSPS) is 18.0. The number of aromatic nitrogens is 2. The van der Waals surface area contributed by atoms with E-state index >= 15 is 0 Å². The zero-order valence-corrected chi connectivity index (χ0v) is 15.4. The molecule has 1 fully saturated rings. The molecule has 0 bridgehead atoms. The van der Waals surface area contributed by atoms with Gasteiger partial charge in [0.15, 0.2) is 5.79 Å². The predicted molar refractivity (Wildman–Crippen MR) is 104 cm³/mol. The van der Waals surface area contributed by atoms with Crippen LogP contribution in [0.15, 0.2) is 47.3 Å². The summed E-state index contributed by atoms with van der Waals surface area (Å²) in [7, 11) is 0. The molecule has 0 aliphatic carbocycles. The molecule has 0 unspecified atom stereocenters. The number of rotatable bonds is 1. The van der Waals surface area contributed by atoms with E-state index in [9.17, 15) is 4.79 Å². The topological polar surface area (TPSA) is 77.1 Å². The quantitative estimate of drug-likeness (QED) is 0.655. The lowest BCUT2D eigenvalue weighted by molar-refractivity contribution is -0.165. The second kappa shape index (κ2) is 6.55. The first-order valence-corrected chi connectivity index (χ1v) is 9.49. The molecule has 1 aromatic heterocycles. The fourth-order valence-corrected chi connectivity index (χ4v) is 4.10. The van der Waals surface area contributed by atoms with Gasteiger partial charge >= 0.3 is 0 Å². The maximum atomic E-state index is 13.1. The molecule has 6 nitrogen and oxygen atoms in total. The molecule has 28 heavy (non-hydrogen) atoms. The summed E-state index contributed by atoms with van der Waals surface area (Å²) in [6.07, 6.45) is 2.02. The molecular formula is C22H19N3O3. The average Bonchev–Trinajstić information content (AvgIpc) is 3.12. The average molecular weight is 373 g/mol. The van der Waals surface area contributed by atoms with E-state index in [1.165, 1.54) is 0 Å². The van der Waals surface area contributed by atoms with E-state index in [1.54, 1.807) is 16.7 Å². The number of hydrogen-bond acceptors (Lipinski definition) is 5. The lowest BCUT2D eigenvalue weighted by atomic mass is 10.0. The Labute approximate surface area is 162 Å². The van der Waals surface area contributed by atoms with Gasteiger partial charge in [0.2, 0.25) is 0 Å². The van der Waals surface area contributed by atoms with Gasteiger partial charge in [-0.1, -0.05) is 18.2 Å². The first-order valence-electron chi connectivity index (χ1n) is 9.49. The Morgan fingerprint density at radius 2 is 1.79 bits per heavy atom. The minimum absolute atomic E-state index is 0.0126. The summed E-state index contributed by atoms with van der Waals surface area (Å²) in [5.41, 5.74) is 3.27. The fourth-order valence-electron chi connectivity index (χ4n) is 4.10. The lowest BCUT2D eigenvalue weighted by Gasteiger charge is -2.24. The first kappa shape index (κ1) is 17.1. The van der Waals surface area contributed by atoms with E-state index in [-0.39, 0.29) is 5.56 Å². The zero-order valence-electron chi connectivity index (χ0n) is 15.4. The van der Waals surface area contributed by atoms with Crippen LogP contribution in [-0.2, 0) is 22.4 Å². The molecular weight excluding hydrogens is 354 g/mol. The highest BCUT2D eigenvalue weighted by atomic mass is 16.7. The summed E-state index contributed by atoms with van der Waals surface area (Å²) < 4.78 is 13.4. The second-order valence-corrected chi connectivity index (χ2v) is 7.26. The van der Waals surface area contributed by atoms with Gasteiger partial charge in [-0.3, -0.25) is 9.36 Å². The number of hydrogen-bond donors (Lipinski definition) is 0. The van der Waals surface area contributed by atoms with Gasteiger partial charge in [-0.25, -0.2) is 4.98 Å². The number of aryl methyl sites for hydroxylation is 1. The van der Waals surface area contributed by atoms with E-state index in [4.69, 9.17) is 19.7 Å². The molecule has 0 N–H and O–H groups in total. The Morgan fingerprint density at radius 3 is 2.54 bits per heavy atom. The first-order chi connectivity index (χ1) is 13.7. The molecule has 1 saturated heterocycles. The molecule has 3 heterocycles. The summed E-state index contributed by atoms with van der Waals surface area (Å²) in [5.74, 6) is 0.213. The Balaban J connectivity index is 1.56. The van der Waals surface area contributed by atoms with Crippen molar-refractivity contribution in [3.05, 3.63) is 64.2 Å². The minimum atomic E-state index is -0.569. The van der Waals surface area contributed by atoms with Gasteiger partial charge in [-0.05, 0) is 35.4 Å². The largest absolute Gasteiger partial charge is 0.347 e.